The van der Waals surface area contributed by atoms with E-state index in [9.17, 15) is 0 Å². The maximum absolute atomic E-state index is 5.70. The normalized spacial score (nSPS) is 20.7. The van der Waals surface area contributed by atoms with E-state index in [0.717, 1.165) is 43.1 Å². The zero-order chi connectivity index (χ0) is 13.0. The maximum atomic E-state index is 5.70. The summed E-state index contributed by atoms with van der Waals surface area (Å²) in [5, 5.41) is 6.57. The fourth-order valence-corrected chi connectivity index (χ4v) is 2.39. The fraction of sp³-hybridized carbons (Fsp3) is 0.692. The van der Waals surface area contributed by atoms with Crippen molar-refractivity contribution in [1.82, 2.24) is 9.97 Å². The number of hydrogen-bond donors (Lipinski definition) is 2. The van der Waals surface area contributed by atoms with E-state index in [1.165, 1.54) is 0 Å². The second-order valence-electron chi connectivity index (χ2n) is 4.64. The maximum Gasteiger partial charge on any atom is 0.135 e. The lowest BCUT2D eigenvalue weighted by atomic mass is 10.1. The van der Waals surface area contributed by atoms with Crippen molar-refractivity contribution in [3.8, 4) is 0 Å². The minimum absolute atomic E-state index is 0.275. The Labute approximate surface area is 108 Å². The van der Waals surface area contributed by atoms with Crippen molar-refractivity contribution in [2.45, 2.75) is 45.3 Å². The van der Waals surface area contributed by atoms with Crippen LogP contribution in [-0.4, -0.2) is 35.8 Å². The third kappa shape index (κ3) is 2.72. The molecule has 0 amide bonds. The lowest BCUT2D eigenvalue weighted by molar-refractivity contribution is 0.0995. The molecule has 2 unspecified atom stereocenters. The molecule has 100 valence electrons. The topological polar surface area (TPSA) is 59.1 Å². The summed E-state index contributed by atoms with van der Waals surface area (Å²) < 4.78 is 5.70. The first-order valence-electron chi connectivity index (χ1n) is 6.66. The number of nitrogens with zero attached hydrogens (tertiary/aromatic N) is 2. The molecule has 1 saturated heterocycles. The highest BCUT2D eigenvalue weighted by atomic mass is 16.5. The van der Waals surface area contributed by atoms with Gasteiger partial charge in [-0.3, -0.25) is 0 Å². The molecule has 2 N–H and O–H groups in total. The van der Waals surface area contributed by atoms with Gasteiger partial charge in [0.1, 0.15) is 18.0 Å². The molecule has 2 rings (SSSR count). The van der Waals surface area contributed by atoms with Crippen LogP contribution in [0.5, 0.6) is 0 Å². The van der Waals surface area contributed by atoms with Crippen molar-refractivity contribution < 1.29 is 4.74 Å². The van der Waals surface area contributed by atoms with Gasteiger partial charge in [0.05, 0.1) is 12.1 Å². The number of aromatic nitrogens is 2. The van der Waals surface area contributed by atoms with Gasteiger partial charge in [0.2, 0.25) is 0 Å². The molecule has 0 spiro atoms. The first-order valence-corrected chi connectivity index (χ1v) is 6.66. The van der Waals surface area contributed by atoms with E-state index in [2.05, 4.69) is 34.4 Å². The van der Waals surface area contributed by atoms with Crippen LogP contribution in [0.15, 0.2) is 6.33 Å². The molecule has 5 heteroatoms. The summed E-state index contributed by atoms with van der Waals surface area (Å²) in [5.74, 6) is 1.81. The van der Waals surface area contributed by atoms with E-state index in [0.29, 0.717) is 6.10 Å². The molecule has 1 fully saturated rings. The van der Waals surface area contributed by atoms with Gasteiger partial charge in [-0.1, -0.05) is 6.92 Å². The van der Waals surface area contributed by atoms with Crippen LogP contribution in [0.3, 0.4) is 0 Å². The van der Waals surface area contributed by atoms with Crippen LogP contribution in [0.1, 0.15) is 32.3 Å². The molecule has 1 aliphatic heterocycles. The Morgan fingerprint density at radius 1 is 1.44 bits per heavy atom. The molecular weight excluding hydrogens is 228 g/mol. The molecule has 18 heavy (non-hydrogen) atoms. The van der Waals surface area contributed by atoms with Crippen LogP contribution >= 0.6 is 0 Å². The average molecular weight is 250 g/mol. The smallest absolute Gasteiger partial charge is 0.135 e. The lowest BCUT2D eigenvalue weighted by Gasteiger charge is -2.22. The Morgan fingerprint density at radius 2 is 2.22 bits per heavy atom. The quantitative estimate of drug-likeness (QED) is 0.837. The fourth-order valence-electron chi connectivity index (χ4n) is 2.39. The van der Waals surface area contributed by atoms with Crippen LogP contribution in [0.4, 0.5) is 11.6 Å². The number of hydrogen-bond acceptors (Lipinski definition) is 5. The highest BCUT2D eigenvalue weighted by Gasteiger charge is 2.23. The lowest BCUT2D eigenvalue weighted by Crippen LogP contribution is -2.31. The third-order valence-electron chi connectivity index (χ3n) is 3.42. The summed E-state index contributed by atoms with van der Waals surface area (Å²) in [6.07, 6.45) is 5.07. The molecule has 1 aromatic rings. The number of anilines is 2. The van der Waals surface area contributed by atoms with Crippen molar-refractivity contribution in [3.05, 3.63) is 11.9 Å². The van der Waals surface area contributed by atoms with E-state index in [4.69, 9.17) is 4.74 Å². The molecule has 2 heterocycles. The zero-order valence-electron chi connectivity index (χ0n) is 11.4. The Balaban J connectivity index is 2.12. The van der Waals surface area contributed by atoms with Gasteiger partial charge < -0.3 is 15.4 Å². The van der Waals surface area contributed by atoms with Crippen molar-refractivity contribution in [1.29, 1.82) is 0 Å². The van der Waals surface area contributed by atoms with E-state index in [-0.39, 0.29) is 6.04 Å². The van der Waals surface area contributed by atoms with Gasteiger partial charge in [-0.2, -0.15) is 0 Å². The van der Waals surface area contributed by atoms with Crippen molar-refractivity contribution in [2.75, 3.05) is 24.3 Å². The van der Waals surface area contributed by atoms with Gasteiger partial charge in [0, 0.05) is 19.2 Å². The van der Waals surface area contributed by atoms with Gasteiger partial charge in [-0.15, -0.1) is 0 Å². The number of rotatable bonds is 5. The Hall–Kier alpha value is -1.36. The first kappa shape index (κ1) is 13.1. The molecule has 0 radical (unpaired) electrons. The van der Waals surface area contributed by atoms with Crippen LogP contribution in [0.25, 0.3) is 0 Å². The monoisotopic (exact) mass is 250 g/mol. The standard InChI is InChI=1S/C13H22N4O/c1-4-10-12(14-3)15-8-16-13(10)17-9(2)11-6-5-7-18-11/h8-9,11H,4-7H2,1-3H3,(H2,14,15,16,17). The summed E-state index contributed by atoms with van der Waals surface area (Å²) in [5.41, 5.74) is 1.13. The minimum atomic E-state index is 0.275. The molecule has 1 aromatic heterocycles. The molecule has 0 saturated carbocycles. The molecule has 5 nitrogen and oxygen atoms in total. The Morgan fingerprint density at radius 3 is 2.83 bits per heavy atom. The number of nitrogens with one attached hydrogen (secondary N) is 2. The van der Waals surface area contributed by atoms with E-state index >= 15 is 0 Å². The molecular formula is C13H22N4O. The predicted molar refractivity (Wildman–Crippen MR) is 73.0 cm³/mol. The second-order valence-corrected chi connectivity index (χ2v) is 4.64. The summed E-state index contributed by atoms with van der Waals surface area (Å²) >= 11 is 0. The van der Waals surface area contributed by atoms with Gasteiger partial charge in [0.15, 0.2) is 0 Å². The van der Waals surface area contributed by atoms with E-state index in [1.54, 1.807) is 6.33 Å². The highest BCUT2D eigenvalue weighted by Crippen LogP contribution is 2.23. The van der Waals surface area contributed by atoms with Crippen LogP contribution in [0, 0.1) is 0 Å². The zero-order valence-corrected chi connectivity index (χ0v) is 11.4. The summed E-state index contributed by atoms with van der Waals surface area (Å²) in [7, 11) is 1.88. The molecule has 0 aliphatic carbocycles. The van der Waals surface area contributed by atoms with Crippen LogP contribution in [-0.2, 0) is 11.2 Å². The van der Waals surface area contributed by atoms with E-state index < -0.39 is 0 Å². The van der Waals surface area contributed by atoms with Crippen molar-refractivity contribution in [2.24, 2.45) is 0 Å². The van der Waals surface area contributed by atoms with Gasteiger partial charge >= 0.3 is 0 Å². The summed E-state index contributed by atoms with van der Waals surface area (Å²) in [6.45, 7) is 5.14. The van der Waals surface area contributed by atoms with E-state index in [1.807, 2.05) is 7.05 Å². The third-order valence-corrected chi connectivity index (χ3v) is 3.42. The van der Waals surface area contributed by atoms with Gasteiger partial charge in [-0.05, 0) is 26.2 Å². The average Bonchev–Trinajstić information content (AvgIpc) is 2.92. The van der Waals surface area contributed by atoms with Gasteiger partial charge in [0.25, 0.3) is 0 Å². The SMILES string of the molecule is CCc1c(NC)ncnc1NC(C)C1CCCO1. The van der Waals surface area contributed by atoms with Gasteiger partial charge in [-0.25, -0.2) is 9.97 Å². The highest BCUT2D eigenvalue weighted by molar-refractivity contribution is 5.57. The summed E-state index contributed by atoms with van der Waals surface area (Å²) in [4.78, 5) is 8.59. The minimum Gasteiger partial charge on any atom is -0.376 e. The van der Waals surface area contributed by atoms with Crippen molar-refractivity contribution in [3.63, 3.8) is 0 Å². The molecule has 1 aliphatic rings. The Kier molecular flexibility index (Phi) is 4.36. The Bertz CT molecular complexity index is 391. The second kappa shape index (κ2) is 6.00. The predicted octanol–water partition coefficient (Wildman–Crippen LogP) is 2.06. The van der Waals surface area contributed by atoms with Crippen LogP contribution in [0.2, 0.25) is 0 Å². The molecule has 0 bridgehead atoms. The summed E-state index contributed by atoms with van der Waals surface area (Å²) in [6, 6.07) is 0.275. The molecule has 2 atom stereocenters. The first-order chi connectivity index (χ1) is 8.76. The largest absolute Gasteiger partial charge is 0.376 e. The molecule has 0 aromatic carbocycles. The van der Waals surface area contributed by atoms with Crippen LogP contribution < -0.4 is 10.6 Å². The van der Waals surface area contributed by atoms with Crippen molar-refractivity contribution >= 4 is 11.6 Å². The number of ether oxygens (including phenoxy) is 1.